The van der Waals surface area contributed by atoms with Crippen LogP contribution in [-0.2, 0) is 15.9 Å². The van der Waals surface area contributed by atoms with Crippen molar-refractivity contribution in [3.63, 3.8) is 0 Å². The molecule has 0 aromatic carbocycles. The van der Waals surface area contributed by atoms with Gasteiger partial charge < -0.3 is 4.55 Å². The van der Waals surface area contributed by atoms with Crippen molar-refractivity contribution in [2.45, 2.75) is 12.7 Å². The molecule has 2 aromatic heterocycles. The molecule has 0 spiro atoms. The summed E-state index contributed by atoms with van der Waals surface area (Å²) in [7, 11) is -4.28. The minimum atomic E-state index is -4.28. The molecule has 0 N–H and O–H groups in total. The summed E-state index contributed by atoms with van der Waals surface area (Å²) in [5, 5.41) is 0. The van der Waals surface area contributed by atoms with Crippen LogP contribution in [0.3, 0.4) is 0 Å². The second kappa shape index (κ2) is 6.58. The van der Waals surface area contributed by atoms with Crippen LogP contribution in [0.2, 0.25) is 0 Å². The van der Waals surface area contributed by atoms with Gasteiger partial charge in [0.1, 0.15) is 0 Å². The molecule has 19 heavy (non-hydrogen) atoms. The van der Waals surface area contributed by atoms with Crippen LogP contribution in [0.4, 0.5) is 0 Å². The van der Waals surface area contributed by atoms with Gasteiger partial charge in [-0.05, 0) is 42.3 Å². The van der Waals surface area contributed by atoms with Crippen LogP contribution in [0.25, 0.3) is 11.4 Å². The zero-order chi connectivity index (χ0) is 13.2. The Kier molecular flexibility index (Phi) is 5.64. The number of hydrogen-bond acceptors (Lipinski definition) is 5. The Labute approximate surface area is 134 Å². The monoisotopic (exact) mass is 286 g/mol. The van der Waals surface area contributed by atoms with Crippen LogP contribution in [0, 0.1) is 6.92 Å². The van der Waals surface area contributed by atoms with E-state index >= 15 is 0 Å². The first-order valence-electron chi connectivity index (χ1n) is 5.25. The summed E-state index contributed by atoms with van der Waals surface area (Å²) in [6, 6.07) is 6.78. The van der Waals surface area contributed by atoms with Crippen LogP contribution < -0.4 is 29.6 Å². The molecule has 0 amide bonds. The fraction of sp³-hybridized carbons (Fsp3) is 0.167. The molecule has 2 heterocycles. The normalized spacial score (nSPS) is 10.8. The maximum Gasteiger partial charge on any atom is 1.00 e. The summed E-state index contributed by atoms with van der Waals surface area (Å²) in [6.07, 6.45) is 3.13. The van der Waals surface area contributed by atoms with Gasteiger partial charge in [-0.25, -0.2) is 8.42 Å². The van der Waals surface area contributed by atoms with Gasteiger partial charge in [-0.3, -0.25) is 9.97 Å². The van der Waals surface area contributed by atoms with E-state index in [1.54, 1.807) is 12.3 Å². The Balaban J connectivity index is 0.00000180. The molecule has 0 bridgehead atoms. The summed E-state index contributed by atoms with van der Waals surface area (Å²) in [5.41, 5.74) is 2.65. The quantitative estimate of drug-likeness (QED) is 0.506. The molecule has 2 rings (SSSR count). The number of nitrogens with zero attached hydrogens (tertiary/aromatic N) is 2. The molecule has 0 radical (unpaired) electrons. The van der Waals surface area contributed by atoms with Crippen molar-refractivity contribution in [1.82, 2.24) is 9.97 Å². The molecule has 5 nitrogen and oxygen atoms in total. The van der Waals surface area contributed by atoms with E-state index in [0.717, 1.165) is 5.56 Å². The van der Waals surface area contributed by atoms with Crippen molar-refractivity contribution < 1.29 is 42.5 Å². The van der Waals surface area contributed by atoms with Crippen molar-refractivity contribution in [3.8, 4) is 11.4 Å². The van der Waals surface area contributed by atoms with Crippen molar-refractivity contribution in [1.29, 1.82) is 0 Å². The van der Waals surface area contributed by atoms with E-state index in [-0.39, 0.29) is 29.6 Å². The first-order valence-corrected chi connectivity index (χ1v) is 6.83. The smallest absolute Gasteiger partial charge is 0.748 e. The Bertz CT molecular complexity index is 674. The van der Waals surface area contributed by atoms with E-state index in [2.05, 4.69) is 9.97 Å². The third kappa shape index (κ3) is 5.00. The maximum atomic E-state index is 10.7. The SMILES string of the molecule is Cc1ccnc(-c2cc(CS(=O)(=O)[O-])ccn2)c1.[Na+]. The number of aryl methyl sites for hydroxylation is 1. The van der Waals surface area contributed by atoms with E-state index in [1.165, 1.54) is 12.3 Å². The first kappa shape index (κ1) is 16.3. The molecule has 2 aromatic rings. The predicted molar refractivity (Wildman–Crippen MR) is 65.6 cm³/mol. The summed E-state index contributed by atoms with van der Waals surface area (Å²) >= 11 is 0. The second-order valence-corrected chi connectivity index (χ2v) is 5.37. The number of hydrogen-bond donors (Lipinski definition) is 0. The molecule has 0 unspecified atom stereocenters. The van der Waals surface area contributed by atoms with Gasteiger partial charge in [0, 0.05) is 12.4 Å². The van der Waals surface area contributed by atoms with Gasteiger partial charge in [0.15, 0.2) is 0 Å². The van der Waals surface area contributed by atoms with Crippen molar-refractivity contribution in [2.75, 3.05) is 0 Å². The summed E-state index contributed by atoms with van der Waals surface area (Å²) < 4.78 is 32.1. The van der Waals surface area contributed by atoms with E-state index in [4.69, 9.17) is 0 Å². The maximum absolute atomic E-state index is 10.7. The molecule has 0 atom stereocenters. The van der Waals surface area contributed by atoms with Gasteiger partial charge in [0.05, 0.1) is 27.3 Å². The largest absolute Gasteiger partial charge is 1.00 e. The van der Waals surface area contributed by atoms with Crippen molar-refractivity contribution in [2.24, 2.45) is 0 Å². The zero-order valence-corrected chi connectivity index (χ0v) is 13.5. The van der Waals surface area contributed by atoms with Gasteiger partial charge in [-0.15, -0.1) is 0 Å². The van der Waals surface area contributed by atoms with Crippen LogP contribution >= 0.6 is 0 Å². The van der Waals surface area contributed by atoms with Gasteiger partial charge in [-0.1, -0.05) is 0 Å². The van der Waals surface area contributed by atoms with E-state index in [0.29, 0.717) is 17.0 Å². The summed E-state index contributed by atoms with van der Waals surface area (Å²) in [5.74, 6) is -0.533. The number of pyridine rings is 2. The molecule has 94 valence electrons. The Morgan fingerprint density at radius 3 is 2.26 bits per heavy atom. The third-order valence-electron chi connectivity index (χ3n) is 2.35. The molecule has 0 aliphatic rings. The molecule has 0 saturated heterocycles. The average Bonchev–Trinajstić information content (AvgIpc) is 2.27. The molecule has 0 aliphatic carbocycles. The van der Waals surface area contributed by atoms with Crippen LogP contribution in [0.15, 0.2) is 36.7 Å². The molecule has 0 aliphatic heterocycles. The van der Waals surface area contributed by atoms with Gasteiger partial charge in [-0.2, -0.15) is 0 Å². The van der Waals surface area contributed by atoms with E-state index in [9.17, 15) is 13.0 Å². The predicted octanol–water partition coefficient (Wildman–Crippen LogP) is -1.50. The second-order valence-electron chi connectivity index (χ2n) is 3.97. The molecule has 7 heteroatoms. The fourth-order valence-electron chi connectivity index (χ4n) is 1.58. The Morgan fingerprint density at radius 2 is 1.68 bits per heavy atom. The van der Waals surface area contributed by atoms with Crippen LogP contribution in [0.5, 0.6) is 0 Å². The third-order valence-corrected chi connectivity index (χ3v) is 3.03. The molecule has 0 saturated carbocycles. The van der Waals surface area contributed by atoms with E-state index in [1.807, 2.05) is 19.1 Å². The fourth-order valence-corrected chi connectivity index (χ4v) is 2.17. The minimum Gasteiger partial charge on any atom is -0.748 e. The van der Waals surface area contributed by atoms with Crippen molar-refractivity contribution >= 4 is 10.1 Å². The minimum absolute atomic E-state index is 0. The van der Waals surface area contributed by atoms with Gasteiger partial charge >= 0.3 is 29.6 Å². The van der Waals surface area contributed by atoms with Crippen LogP contribution in [-0.4, -0.2) is 22.9 Å². The summed E-state index contributed by atoms with van der Waals surface area (Å²) in [6.45, 7) is 1.93. The number of rotatable bonds is 3. The zero-order valence-electron chi connectivity index (χ0n) is 10.7. The van der Waals surface area contributed by atoms with E-state index < -0.39 is 15.9 Å². The number of aromatic nitrogens is 2. The molecule has 0 fully saturated rings. The van der Waals surface area contributed by atoms with Gasteiger partial charge in [0.25, 0.3) is 0 Å². The summed E-state index contributed by atoms with van der Waals surface area (Å²) in [4.78, 5) is 8.28. The Hall–Kier alpha value is -0.790. The van der Waals surface area contributed by atoms with Crippen molar-refractivity contribution in [3.05, 3.63) is 47.8 Å². The standard InChI is InChI=1S/C12H12N2O3S.Na/c1-9-2-4-13-11(6-9)12-7-10(3-5-14-12)8-18(15,16)17;/h2-7H,8H2,1H3,(H,15,16,17);/q;+1/p-1. The molecular formula is C12H11N2NaO3S. The topological polar surface area (TPSA) is 83.0 Å². The average molecular weight is 286 g/mol. The van der Waals surface area contributed by atoms with Crippen LogP contribution in [0.1, 0.15) is 11.1 Å². The molecular weight excluding hydrogens is 275 g/mol. The Morgan fingerprint density at radius 1 is 1.11 bits per heavy atom. The van der Waals surface area contributed by atoms with Gasteiger partial charge in [0.2, 0.25) is 0 Å². The first-order chi connectivity index (χ1) is 8.44.